The molecule has 0 aromatic carbocycles. The van der Waals surface area contributed by atoms with Gasteiger partial charge in [-0.3, -0.25) is 4.68 Å². The molecule has 0 aliphatic heterocycles. The number of aromatic amines is 1. The Hall–Kier alpha value is -1.55. The Balaban J connectivity index is 2.56. The molecule has 3 rings (SSSR count). The van der Waals surface area contributed by atoms with Crippen LogP contribution in [0.3, 0.4) is 0 Å². The number of aromatic nitrogens is 4. The van der Waals surface area contributed by atoms with Crippen LogP contribution < -0.4 is 0 Å². The van der Waals surface area contributed by atoms with Crippen LogP contribution in [-0.4, -0.2) is 19.7 Å². The number of nitrogens with zero attached hydrogens (tertiary/aromatic N) is 3. The van der Waals surface area contributed by atoms with Crippen LogP contribution in [0.25, 0.3) is 21.9 Å². The summed E-state index contributed by atoms with van der Waals surface area (Å²) in [6.45, 7) is 4.24. The summed E-state index contributed by atoms with van der Waals surface area (Å²) in [5.41, 5.74) is 1.77. The van der Waals surface area contributed by atoms with Gasteiger partial charge < -0.3 is 5.10 Å². The lowest BCUT2D eigenvalue weighted by Gasteiger charge is -2.09. The maximum atomic E-state index is 6.13. The van der Waals surface area contributed by atoms with Gasteiger partial charge in [0.1, 0.15) is 5.15 Å². The zero-order valence-electron chi connectivity index (χ0n) is 9.03. The molecular weight excluding hydrogens is 224 g/mol. The predicted octanol–water partition coefficient (Wildman–Crippen LogP) is 3.15. The second-order valence-corrected chi connectivity index (χ2v) is 4.44. The van der Waals surface area contributed by atoms with Crippen LogP contribution in [0, 0.1) is 0 Å². The van der Waals surface area contributed by atoms with Gasteiger partial charge in [0.2, 0.25) is 0 Å². The van der Waals surface area contributed by atoms with Gasteiger partial charge in [-0.2, -0.15) is 0 Å². The minimum Gasteiger partial charge on any atom is -0.305 e. The van der Waals surface area contributed by atoms with E-state index in [2.05, 4.69) is 33.6 Å². The third kappa shape index (κ3) is 1.16. The fourth-order valence-electron chi connectivity index (χ4n) is 1.99. The van der Waals surface area contributed by atoms with E-state index in [1.807, 2.05) is 12.3 Å². The van der Waals surface area contributed by atoms with E-state index in [4.69, 9.17) is 11.6 Å². The summed E-state index contributed by atoms with van der Waals surface area (Å²) in [6, 6.07) is 2.31. The molecule has 0 aliphatic carbocycles. The first-order chi connectivity index (χ1) is 7.68. The molecule has 0 spiro atoms. The number of H-pyrrole nitrogens is 1. The van der Waals surface area contributed by atoms with E-state index in [0.717, 1.165) is 16.3 Å². The Morgan fingerprint density at radius 1 is 1.38 bits per heavy atom. The van der Waals surface area contributed by atoms with Crippen molar-refractivity contribution in [2.24, 2.45) is 0 Å². The quantitative estimate of drug-likeness (QED) is 0.658. The molecule has 0 unspecified atom stereocenters. The summed E-state index contributed by atoms with van der Waals surface area (Å²) in [5, 5.41) is 5.67. The van der Waals surface area contributed by atoms with Crippen LogP contribution in [0.4, 0.5) is 0 Å². The maximum absolute atomic E-state index is 6.13. The van der Waals surface area contributed by atoms with Crippen molar-refractivity contribution in [3.63, 3.8) is 0 Å². The number of hydrogen-bond donors (Lipinski definition) is 1. The first kappa shape index (κ1) is 9.66. The smallest absolute Gasteiger partial charge is 0.163 e. The molecule has 0 aliphatic rings. The molecule has 3 heterocycles. The van der Waals surface area contributed by atoms with Crippen molar-refractivity contribution in [3.05, 3.63) is 23.6 Å². The van der Waals surface area contributed by atoms with E-state index in [1.165, 1.54) is 0 Å². The highest BCUT2D eigenvalue weighted by molar-refractivity contribution is 6.35. The molecule has 0 amide bonds. The highest BCUT2D eigenvalue weighted by Crippen LogP contribution is 2.29. The molecule has 0 bridgehead atoms. The zero-order chi connectivity index (χ0) is 11.3. The molecule has 16 heavy (non-hydrogen) atoms. The fraction of sp³-hybridized carbons (Fsp3) is 0.273. The molecular formula is C11H11ClN4. The SMILES string of the molecule is CC(C)n1[nH]cc2c(Cl)nc3nccc3c21. The van der Waals surface area contributed by atoms with Crippen molar-refractivity contribution >= 4 is 33.5 Å². The second-order valence-electron chi connectivity index (χ2n) is 4.08. The van der Waals surface area contributed by atoms with Gasteiger partial charge in [-0.15, -0.1) is 0 Å². The monoisotopic (exact) mass is 234 g/mol. The van der Waals surface area contributed by atoms with Gasteiger partial charge in [-0.05, 0) is 19.9 Å². The maximum Gasteiger partial charge on any atom is 0.163 e. The Kier molecular flexibility index (Phi) is 1.94. The normalized spacial score (nSPS) is 12.0. The number of rotatable bonds is 1. The van der Waals surface area contributed by atoms with Gasteiger partial charge in [0.15, 0.2) is 5.65 Å². The molecule has 0 fully saturated rings. The zero-order valence-corrected chi connectivity index (χ0v) is 9.78. The van der Waals surface area contributed by atoms with Crippen molar-refractivity contribution in [3.8, 4) is 0 Å². The molecule has 0 radical (unpaired) electrons. The highest BCUT2D eigenvalue weighted by atomic mass is 35.5. The van der Waals surface area contributed by atoms with E-state index in [0.29, 0.717) is 16.8 Å². The van der Waals surface area contributed by atoms with Gasteiger partial charge in [0.05, 0.1) is 10.9 Å². The molecule has 82 valence electrons. The van der Waals surface area contributed by atoms with E-state index >= 15 is 0 Å². The summed E-state index contributed by atoms with van der Waals surface area (Å²) < 4.78 is 2.08. The first-order valence-electron chi connectivity index (χ1n) is 5.18. The Labute approximate surface area is 97.2 Å². The van der Waals surface area contributed by atoms with Gasteiger partial charge >= 0.3 is 0 Å². The minimum absolute atomic E-state index is 0.342. The second kappa shape index (κ2) is 3.22. The van der Waals surface area contributed by atoms with Crippen LogP contribution >= 0.6 is 11.6 Å². The fourth-order valence-corrected chi connectivity index (χ4v) is 2.21. The number of halogens is 1. The lowest BCUT2D eigenvalue weighted by atomic mass is 10.2. The Bertz CT molecular complexity index is 665. The van der Waals surface area contributed by atoms with Crippen molar-refractivity contribution in [2.45, 2.75) is 19.9 Å². The molecule has 0 saturated heterocycles. The molecule has 1 N–H and O–H groups in total. The highest BCUT2D eigenvalue weighted by Gasteiger charge is 2.13. The third-order valence-electron chi connectivity index (χ3n) is 2.72. The summed E-state index contributed by atoms with van der Waals surface area (Å²) in [4.78, 5) is 8.44. The van der Waals surface area contributed by atoms with E-state index in [9.17, 15) is 0 Å². The lowest BCUT2D eigenvalue weighted by Crippen LogP contribution is -2.02. The first-order valence-corrected chi connectivity index (χ1v) is 5.56. The molecule has 3 aromatic heterocycles. The lowest BCUT2D eigenvalue weighted by molar-refractivity contribution is 0.552. The average Bonchev–Trinajstić information content (AvgIpc) is 2.80. The third-order valence-corrected chi connectivity index (χ3v) is 3.01. The molecule has 0 atom stereocenters. The van der Waals surface area contributed by atoms with Crippen molar-refractivity contribution in [2.75, 3.05) is 0 Å². The predicted molar refractivity (Wildman–Crippen MR) is 64.8 cm³/mol. The summed E-state index contributed by atoms with van der Waals surface area (Å²) in [5.74, 6) is 0. The summed E-state index contributed by atoms with van der Waals surface area (Å²) >= 11 is 6.13. The van der Waals surface area contributed by atoms with Gasteiger partial charge in [0.25, 0.3) is 0 Å². The van der Waals surface area contributed by atoms with Gasteiger partial charge in [-0.25, -0.2) is 9.97 Å². The molecule has 3 aromatic rings. The van der Waals surface area contributed by atoms with Crippen molar-refractivity contribution in [1.82, 2.24) is 19.7 Å². The van der Waals surface area contributed by atoms with Crippen molar-refractivity contribution in [1.29, 1.82) is 0 Å². The Morgan fingerprint density at radius 2 is 2.19 bits per heavy atom. The van der Waals surface area contributed by atoms with Crippen LogP contribution in [0.15, 0.2) is 18.5 Å². The molecule has 5 heteroatoms. The van der Waals surface area contributed by atoms with Crippen molar-refractivity contribution < 1.29 is 0 Å². The number of hydrogen-bond acceptors (Lipinski definition) is 2. The van der Waals surface area contributed by atoms with Crippen LogP contribution in [0.1, 0.15) is 19.9 Å². The van der Waals surface area contributed by atoms with Crippen LogP contribution in [0.5, 0.6) is 0 Å². The summed E-state index contributed by atoms with van der Waals surface area (Å²) in [7, 11) is 0. The topological polar surface area (TPSA) is 46.5 Å². The minimum atomic E-state index is 0.342. The van der Waals surface area contributed by atoms with E-state index in [-0.39, 0.29) is 0 Å². The summed E-state index contributed by atoms with van der Waals surface area (Å²) in [6.07, 6.45) is 3.64. The Morgan fingerprint density at radius 3 is 2.94 bits per heavy atom. The number of fused-ring (bicyclic) bond motifs is 3. The van der Waals surface area contributed by atoms with E-state index < -0.39 is 0 Å². The standard InChI is InChI=1S/C11H11ClN4/c1-6(2)16-9-7-3-4-13-11(7)15-10(12)8(9)5-14-16/h3-6,14H,1-2H3. The molecule has 4 nitrogen and oxygen atoms in total. The van der Waals surface area contributed by atoms with Crippen LogP contribution in [-0.2, 0) is 0 Å². The number of nitrogens with one attached hydrogen (secondary N) is 1. The van der Waals surface area contributed by atoms with Crippen LogP contribution in [0.2, 0.25) is 5.15 Å². The van der Waals surface area contributed by atoms with Gasteiger partial charge in [0, 0.05) is 23.8 Å². The molecule has 0 saturated carbocycles. The largest absolute Gasteiger partial charge is 0.305 e. The average molecular weight is 235 g/mol. The van der Waals surface area contributed by atoms with E-state index in [1.54, 1.807) is 6.20 Å². The van der Waals surface area contributed by atoms with Gasteiger partial charge in [-0.1, -0.05) is 11.6 Å². The number of pyridine rings is 1.